The van der Waals surface area contributed by atoms with Crippen molar-refractivity contribution in [3.8, 4) is 5.69 Å². The maximum atomic E-state index is 12.7. The molecule has 0 aliphatic heterocycles. The topological polar surface area (TPSA) is 86.9 Å². The van der Waals surface area contributed by atoms with Gasteiger partial charge in [-0.25, -0.2) is 4.98 Å². The number of fused-ring (bicyclic) bond motifs is 1. The maximum Gasteiger partial charge on any atom is 0.266 e. The Kier molecular flexibility index (Phi) is 2.68. The summed E-state index contributed by atoms with van der Waals surface area (Å²) in [6.07, 6.45) is 0. The van der Waals surface area contributed by atoms with Gasteiger partial charge in [0.1, 0.15) is 5.82 Å². The number of aryl methyl sites for hydroxylation is 1. The van der Waals surface area contributed by atoms with Gasteiger partial charge in [0.2, 0.25) is 0 Å². The normalized spacial score (nSPS) is 10.8. The highest BCUT2D eigenvalue weighted by Gasteiger charge is 2.11. The summed E-state index contributed by atoms with van der Waals surface area (Å²) in [5, 5.41) is 0.485. The van der Waals surface area contributed by atoms with E-state index in [1.54, 1.807) is 37.3 Å². The summed E-state index contributed by atoms with van der Waals surface area (Å²) in [4.78, 5) is 17.1. The van der Waals surface area contributed by atoms with E-state index in [4.69, 9.17) is 11.5 Å². The number of aromatic nitrogens is 2. The molecule has 0 aliphatic rings. The number of rotatable bonds is 1. The zero-order valence-electron chi connectivity index (χ0n) is 11.0. The fourth-order valence-corrected chi connectivity index (χ4v) is 2.29. The molecule has 20 heavy (non-hydrogen) atoms. The van der Waals surface area contributed by atoms with Crippen LogP contribution >= 0.6 is 0 Å². The summed E-state index contributed by atoms with van der Waals surface area (Å²) < 4.78 is 1.51. The SMILES string of the molecule is Cc1nc2ccc(N)cc2c(=O)n1-c1ccccc1N. The van der Waals surface area contributed by atoms with E-state index >= 15 is 0 Å². The van der Waals surface area contributed by atoms with Crippen molar-refractivity contribution in [2.24, 2.45) is 0 Å². The molecule has 5 nitrogen and oxygen atoms in total. The van der Waals surface area contributed by atoms with Crippen LogP contribution in [0, 0.1) is 6.92 Å². The van der Waals surface area contributed by atoms with Crippen LogP contribution in [0.1, 0.15) is 5.82 Å². The van der Waals surface area contributed by atoms with Crippen molar-refractivity contribution >= 4 is 22.3 Å². The molecule has 0 amide bonds. The van der Waals surface area contributed by atoms with Gasteiger partial charge in [0.15, 0.2) is 0 Å². The summed E-state index contributed by atoms with van der Waals surface area (Å²) in [5.41, 5.74) is 13.9. The van der Waals surface area contributed by atoms with Crippen molar-refractivity contribution in [1.82, 2.24) is 9.55 Å². The number of para-hydroxylation sites is 2. The maximum absolute atomic E-state index is 12.7. The van der Waals surface area contributed by atoms with Gasteiger partial charge >= 0.3 is 0 Å². The molecule has 0 aliphatic carbocycles. The zero-order valence-corrected chi connectivity index (χ0v) is 11.0. The standard InChI is InChI=1S/C15H14N4O/c1-9-18-13-7-6-10(16)8-11(13)15(20)19(9)14-5-3-2-4-12(14)17/h2-8H,16-17H2,1H3. The number of nitrogen functional groups attached to an aromatic ring is 2. The van der Waals surface area contributed by atoms with Crippen molar-refractivity contribution in [3.63, 3.8) is 0 Å². The first-order chi connectivity index (χ1) is 9.58. The lowest BCUT2D eigenvalue weighted by Crippen LogP contribution is -2.23. The molecular weight excluding hydrogens is 252 g/mol. The number of anilines is 2. The van der Waals surface area contributed by atoms with E-state index in [-0.39, 0.29) is 5.56 Å². The van der Waals surface area contributed by atoms with Gasteiger partial charge in [0.25, 0.3) is 5.56 Å². The van der Waals surface area contributed by atoms with Crippen LogP contribution in [-0.2, 0) is 0 Å². The fourth-order valence-electron chi connectivity index (χ4n) is 2.29. The molecule has 0 saturated carbocycles. The molecule has 1 aromatic heterocycles. The minimum Gasteiger partial charge on any atom is -0.399 e. The summed E-state index contributed by atoms with van der Waals surface area (Å²) in [5.74, 6) is 0.588. The highest BCUT2D eigenvalue weighted by Crippen LogP contribution is 2.18. The average Bonchev–Trinajstić information content (AvgIpc) is 2.42. The second kappa shape index (κ2) is 4.38. The van der Waals surface area contributed by atoms with Gasteiger partial charge in [-0.15, -0.1) is 0 Å². The van der Waals surface area contributed by atoms with Crippen LogP contribution in [0.15, 0.2) is 47.3 Å². The third-order valence-electron chi connectivity index (χ3n) is 3.24. The molecule has 100 valence electrons. The Morgan fingerprint density at radius 3 is 2.60 bits per heavy atom. The number of hydrogen-bond donors (Lipinski definition) is 2. The van der Waals surface area contributed by atoms with Gasteiger partial charge in [0.05, 0.1) is 22.3 Å². The number of nitrogens with two attached hydrogens (primary N) is 2. The van der Waals surface area contributed by atoms with Gasteiger partial charge in [0, 0.05) is 5.69 Å². The highest BCUT2D eigenvalue weighted by molar-refractivity contribution is 5.81. The van der Waals surface area contributed by atoms with E-state index < -0.39 is 0 Å². The predicted molar refractivity (Wildman–Crippen MR) is 80.9 cm³/mol. The molecule has 0 bridgehead atoms. The van der Waals surface area contributed by atoms with Crippen LogP contribution in [0.2, 0.25) is 0 Å². The third kappa shape index (κ3) is 1.80. The number of nitrogens with zero attached hydrogens (tertiary/aromatic N) is 2. The Hall–Kier alpha value is -2.82. The van der Waals surface area contributed by atoms with Crippen LogP contribution in [0.5, 0.6) is 0 Å². The molecule has 2 aromatic carbocycles. The summed E-state index contributed by atoms with van der Waals surface area (Å²) in [6, 6.07) is 12.3. The van der Waals surface area contributed by atoms with Crippen molar-refractivity contribution in [2.75, 3.05) is 11.5 Å². The first kappa shape index (κ1) is 12.2. The van der Waals surface area contributed by atoms with Crippen molar-refractivity contribution in [1.29, 1.82) is 0 Å². The van der Waals surface area contributed by atoms with E-state index in [1.807, 2.05) is 12.1 Å². The van der Waals surface area contributed by atoms with Gasteiger partial charge in [-0.3, -0.25) is 9.36 Å². The minimum absolute atomic E-state index is 0.169. The van der Waals surface area contributed by atoms with Crippen molar-refractivity contribution in [2.45, 2.75) is 6.92 Å². The Morgan fingerprint density at radius 2 is 1.85 bits per heavy atom. The first-order valence-electron chi connectivity index (χ1n) is 6.21. The molecule has 3 rings (SSSR count). The van der Waals surface area contributed by atoms with E-state index in [1.165, 1.54) is 4.57 Å². The number of hydrogen-bond acceptors (Lipinski definition) is 4. The third-order valence-corrected chi connectivity index (χ3v) is 3.24. The van der Waals surface area contributed by atoms with Crippen molar-refractivity contribution in [3.05, 3.63) is 58.6 Å². The Labute approximate surface area is 115 Å². The molecule has 0 atom stereocenters. The molecule has 1 heterocycles. The molecule has 4 N–H and O–H groups in total. The van der Waals surface area contributed by atoms with Crippen LogP contribution < -0.4 is 17.0 Å². The predicted octanol–water partition coefficient (Wildman–Crippen LogP) is 1.86. The average molecular weight is 266 g/mol. The van der Waals surface area contributed by atoms with Gasteiger partial charge in [-0.05, 0) is 37.3 Å². The molecule has 0 fully saturated rings. The molecule has 3 aromatic rings. The zero-order chi connectivity index (χ0) is 14.3. The number of benzene rings is 2. The molecule has 5 heteroatoms. The van der Waals surface area contributed by atoms with E-state index in [9.17, 15) is 4.79 Å². The lowest BCUT2D eigenvalue weighted by molar-refractivity contribution is 0.897. The Bertz CT molecular complexity index is 867. The van der Waals surface area contributed by atoms with Crippen molar-refractivity contribution < 1.29 is 0 Å². The molecular formula is C15H14N4O. The van der Waals surface area contributed by atoms with E-state index in [0.717, 1.165) is 0 Å². The second-order valence-electron chi connectivity index (χ2n) is 4.63. The first-order valence-corrected chi connectivity index (χ1v) is 6.21. The minimum atomic E-state index is -0.169. The lowest BCUT2D eigenvalue weighted by atomic mass is 10.2. The van der Waals surface area contributed by atoms with E-state index in [0.29, 0.717) is 33.8 Å². The monoisotopic (exact) mass is 266 g/mol. The second-order valence-corrected chi connectivity index (χ2v) is 4.63. The van der Waals surface area contributed by atoms with Gasteiger partial charge in [-0.1, -0.05) is 12.1 Å². The molecule has 0 radical (unpaired) electrons. The lowest BCUT2D eigenvalue weighted by Gasteiger charge is -2.12. The summed E-state index contributed by atoms with van der Waals surface area (Å²) >= 11 is 0. The fraction of sp³-hybridized carbons (Fsp3) is 0.0667. The van der Waals surface area contributed by atoms with E-state index in [2.05, 4.69) is 4.98 Å². The smallest absolute Gasteiger partial charge is 0.266 e. The highest BCUT2D eigenvalue weighted by atomic mass is 16.1. The van der Waals surface area contributed by atoms with Gasteiger partial charge < -0.3 is 11.5 Å². The van der Waals surface area contributed by atoms with Gasteiger partial charge in [-0.2, -0.15) is 0 Å². The largest absolute Gasteiger partial charge is 0.399 e. The molecule has 0 saturated heterocycles. The summed E-state index contributed by atoms with van der Waals surface area (Å²) in [6.45, 7) is 1.78. The van der Waals surface area contributed by atoms with Crippen LogP contribution in [0.4, 0.5) is 11.4 Å². The molecule has 0 unspecified atom stereocenters. The Balaban J connectivity index is 2.43. The quantitative estimate of drug-likeness (QED) is 0.658. The van der Waals surface area contributed by atoms with Crippen LogP contribution in [-0.4, -0.2) is 9.55 Å². The molecule has 0 spiro atoms. The van der Waals surface area contributed by atoms with Crippen LogP contribution in [0.3, 0.4) is 0 Å². The Morgan fingerprint density at radius 1 is 1.10 bits per heavy atom. The summed E-state index contributed by atoms with van der Waals surface area (Å²) in [7, 11) is 0. The van der Waals surface area contributed by atoms with Crippen LogP contribution in [0.25, 0.3) is 16.6 Å².